The van der Waals surface area contributed by atoms with Gasteiger partial charge in [-0.2, -0.15) is 8.42 Å². The van der Waals surface area contributed by atoms with Gasteiger partial charge in [0.05, 0.1) is 4.90 Å². The zero-order valence-electron chi connectivity index (χ0n) is 12.7. The fourth-order valence-electron chi connectivity index (χ4n) is 2.91. The highest BCUT2D eigenvalue weighted by atomic mass is 32.2. The lowest BCUT2D eigenvalue weighted by molar-refractivity contribution is 0.470. The van der Waals surface area contributed by atoms with E-state index in [1.54, 1.807) is 25.2 Å². The topological polar surface area (TPSA) is 74.6 Å². The summed E-state index contributed by atoms with van der Waals surface area (Å²) in [6, 6.07) is 4.59. The van der Waals surface area contributed by atoms with Crippen LogP contribution in [0.4, 0.5) is 0 Å². The summed E-state index contributed by atoms with van der Waals surface area (Å²) in [4.78, 5) is -0.190. The summed E-state index contributed by atoms with van der Waals surface area (Å²) >= 11 is 0. The fourth-order valence-corrected chi connectivity index (χ4v) is 8.86. The molecule has 0 aromatic heterocycles. The minimum absolute atomic E-state index is 0.115. The second-order valence-electron chi connectivity index (χ2n) is 5.34. The van der Waals surface area contributed by atoms with Gasteiger partial charge >= 0.3 is 0 Å². The Balaban J connectivity index is 3.88. The van der Waals surface area contributed by atoms with Crippen molar-refractivity contribution in [3.63, 3.8) is 0 Å². The molecule has 0 amide bonds. The van der Waals surface area contributed by atoms with Gasteiger partial charge in [-0.25, -0.2) is 0 Å². The Hall–Kier alpha value is -1.63. The first-order valence-corrected chi connectivity index (χ1v) is 10.9. The van der Waals surface area contributed by atoms with Gasteiger partial charge in [0.1, 0.15) is 13.8 Å². The molecule has 0 saturated heterocycles. The molecule has 0 unspecified atom stereocenters. The lowest BCUT2D eigenvalue weighted by atomic mass is 10.2. The zero-order chi connectivity index (χ0) is 17.0. The Morgan fingerprint density at radius 1 is 1.09 bits per heavy atom. The number of allylic oxidation sites excluding steroid dienone is 3. The Bertz CT molecular complexity index is 666. The van der Waals surface area contributed by atoms with Gasteiger partial charge in [-0.05, 0) is 36.7 Å². The molecule has 2 N–H and O–H groups in total. The van der Waals surface area contributed by atoms with Gasteiger partial charge in [0, 0.05) is 5.19 Å². The normalized spacial score (nSPS) is 11.9. The molecule has 0 aliphatic rings. The standard InChI is InChI=1S/C16H22O4SSi/c1-5-10-22(11-6-2,12-7-3)16-14(17)9-8-13(4)15(16)21(18,19)20/h5-9,17H,1-3,10-12H2,4H3,(H,18,19,20). The van der Waals surface area contributed by atoms with E-state index in [1.165, 1.54) is 12.1 Å². The lowest BCUT2D eigenvalue weighted by Gasteiger charge is -2.32. The first kappa shape index (κ1) is 18.4. The molecule has 120 valence electrons. The molecule has 0 saturated carbocycles. The number of phenols is 1. The zero-order valence-corrected chi connectivity index (χ0v) is 14.6. The molecule has 0 bridgehead atoms. The summed E-state index contributed by atoms with van der Waals surface area (Å²) in [5.74, 6) is -0.115. The molecule has 0 heterocycles. The Morgan fingerprint density at radius 3 is 1.91 bits per heavy atom. The Kier molecular flexibility index (Phi) is 5.93. The maximum absolute atomic E-state index is 11.9. The lowest BCUT2D eigenvalue weighted by Crippen LogP contribution is -2.49. The van der Waals surface area contributed by atoms with Crippen LogP contribution < -0.4 is 5.19 Å². The number of rotatable bonds is 8. The third kappa shape index (κ3) is 3.57. The van der Waals surface area contributed by atoms with Crippen molar-refractivity contribution < 1.29 is 18.1 Å². The molecule has 1 aromatic carbocycles. The third-order valence-corrected chi connectivity index (χ3v) is 9.73. The predicted octanol–water partition coefficient (Wildman–Crippen LogP) is 3.16. The van der Waals surface area contributed by atoms with E-state index in [-0.39, 0.29) is 10.6 Å². The first-order valence-electron chi connectivity index (χ1n) is 6.86. The van der Waals surface area contributed by atoms with Crippen LogP contribution in [0.5, 0.6) is 5.75 Å². The van der Waals surface area contributed by atoms with Crippen LogP contribution in [0.3, 0.4) is 0 Å². The monoisotopic (exact) mass is 338 g/mol. The van der Waals surface area contributed by atoms with Crippen molar-refractivity contribution in [2.75, 3.05) is 0 Å². The maximum atomic E-state index is 11.9. The van der Waals surface area contributed by atoms with Gasteiger partial charge < -0.3 is 5.11 Å². The van der Waals surface area contributed by atoms with Crippen molar-refractivity contribution in [2.24, 2.45) is 0 Å². The summed E-state index contributed by atoms with van der Waals surface area (Å²) < 4.78 is 33.4. The Morgan fingerprint density at radius 2 is 1.55 bits per heavy atom. The van der Waals surface area contributed by atoms with E-state index in [2.05, 4.69) is 19.7 Å². The van der Waals surface area contributed by atoms with Crippen LogP contribution in [0, 0.1) is 6.92 Å². The van der Waals surface area contributed by atoms with Crippen molar-refractivity contribution in [1.29, 1.82) is 0 Å². The van der Waals surface area contributed by atoms with Crippen molar-refractivity contribution in [1.82, 2.24) is 0 Å². The second-order valence-corrected chi connectivity index (χ2v) is 11.0. The smallest absolute Gasteiger partial charge is 0.294 e. The predicted molar refractivity (Wildman–Crippen MR) is 93.1 cm³/mol. The van der Waals surface area contributed by atoms with E-state index in [0.29, 0.717) is 28.9 Å². The van der Waals surface area contributed by atoms with Crippen LogP contribution in [-0.2, 0) is 10.1 Å². The first-order chi connectivity index (χ1) is 10.2. The van der Waals surface area contributed by atoms with Crippen molar-refractivity contribution in [2.45, 2.75) is 30.0 Å². The average molecular weight is 339 g/mol. The number of benzene rings is 1. The van der Waals surface area contributed by atoms with Crippen molar-refractivity contribution >= 4 is 23.4 Å². The van der Waals surface area contributed by atoms with E-state index in [9.17, 15) is 18.1 Å². The van der Waals surface area contributed by atoms with Gasteiger partial charge in [0.2, 0.25) is 0 Å². The Labute approximate surface area is 133 Å². The fraction of sp³-hybridized carbons (Fsp3) is 0.250. The average Bonchev–Trinajstić information content (AvgIpc) is 2.40. The van der Waals surface area contributed by atoms with Crippen molar-refractivity contribution in [3.8, 4) is 5.75 Å². The van der Waals surface area contributed by atoms with E-state index in [4.69, 9.17) is 0 Å². The number of aryl methyl sites for hydroxylation is 1. The molecule has 0 aliphatic heterocycles. The van der Waals surface area contributed by atoms with Crippen LogP contribution in [0.2, 0.25) is 18.1 Å². The maximum Gasteiger partial charge on any atom is 0.294 e. The number of hydrogen-bond donors (Lipinski definition) is 2. The number of aromatic hydroxyl groups is 1. The molecule has 6 heteroatoms. The van der Waals surface area contributed by atoms with Crippen LogP contribution in [0.25, 0.3) is 0 Å². The quantitative estimate of drug-likeness (QED) is 0.434. The molecule has 0 aliphatic carbocycles. The van der Waals surface area contributed by atoms with E-state index < -0.39 is 18.2 Å². The molecular formula is C16H22O4SSi. The molecule has 0 spiro atoms. The highest BCUT2D eigenvalue weighted by Gasteiger charge is 2.39. The highest BCUT2D eigenvalue weighted by molar-refractivity contribution is 7.86. The largest absolute Gasteiger partial charge is 0.508 e. The summed E-state index contributed by atoms with van der Waals surface area (Å²) in [6.45, 7) is 12.9. The van der Waals surface area contributed by atoms with Crippen LogP contribution in [-0.4, -0.2) is 26.2 Å². The van der Waals surface area contributed by atoms with E-state index in [1.807, 2.05) is 0 Å². The van der Waals surface area contributed by atoms with Crippen molar-refractivity contribution in [3.05, 3.63) is 55.7 Å². The van der Waals surface area contributed by atoms with Crippen LogP contribution >= 0.6 is 0 Å². The van der Waals surface area contributed by atoms with Gasteiger partial charge in [0.15, 0.2) is 0 Å². The summed E-state index contributed by atoms with van der Waals surface area (Å²) in [7, 11) is -7.00. The minimum Gasteiger partial charge on any atom is -0.508 e. The molecule has 0 radical (unpaired) electrons. The van der Waals surface area contributed by atoms with Gasteiger partial charge in [0.25, 0.3) is 10.1 Å². The third-order valence-electron chi connectivity index (χ3n) is 3.73. The van der Waals surface area contributed by atoms with Gasteiger partial charge in [-0.1, -0.05) is 24.3 Å². The molecule has 0 atom stereocenters. The van der Waals surface area contributed by atoms with Gasteiger partial charge in [-0.15, -0.1) is 19.7 Å². The molecule has 1 rings (SSSR count). The van der Waals surface area contributed by atoms with E-state index >= 15 is 0 Å². The molecule has 4 nitrogen and oxygen atoms in total. The molecule has 0 fully saturated rings. The molecule has 1 aromatic rings. The number of hydrogen-bond acceptors (Lipinski definition) is 3. The highest BCUT2D eigenvalue weighted by Crippen LogP contribution is 2.31. The van der Waals surface area contributed by atoms with Crippen LogP contribution in [0.1, 0.15) is 5.56 Å². The molecule has 22 heavy (non-hydrogen) atoms. The summed E-state index contributed by atoms with van der Waals surface area (Å²) in [5, 5.41) is 10.7. The number of phenolic OH excluding ortho intramolecular Hbond substituents is 1. The second kappa shape index (κ2) is 7.08. The minimum atomic E-state index is -4.45. The van der Waals surface area contributed by atoms with Gasteiger partial charge in [-0.3, -0.25) is 4.55 Å². The SMILES string of the molecule is C=CC[Si](CC=C)(CC=C)c1c(O)ccc(C)c1S(=O)(=O)O. The summed E-state index contributed by atoms with van der Waals surface area (Å²) in [6.07, 6.45) is 5.15. The van der Waals surface area contributed by atoms with E-state index in [0.717, 1.165) is 0 Å². The summed E-state index contributed by atoms with van der Waals surface area (Å²) in [5.41, 5.74) is 0.407. The molecular weight excluding hydrogens is 316 g/mol. The van der Waals surface area contributed by atoms with Crippen LogP contribution in [0.15, 0.2) is 55.0 Å².